The highest BCUT2D eigenvalue weighted by Crippen LogP contribution is 2.36. The van der Waals surface area contributed by atoms with Crippen molar-refractivity contribution in [3.05, 3.63) is 0 Å². The lowest BCUT2D eigenvalue weighted by molar-refractivity contribution is 0.0960. The van der Waals surface area contributed by atoms with Crippen LogP contribution in [0.4, 0.5) is 4.79 Å². The van der Waals surface area contributed by atoms with Crippen LogP contribution in [0.2, 0.25) is 0 Å². The van der Waals surface area contributed by atoms with Crippen LogP contribution in [0.3, 0.4) is 0 Å². The van der Waals surface area contributed by atoms with Crippen molar-refractivity contribution in [1.29, 1.82) is 0 Å². The molecule has 4 nitrogen and oxygen atoms in total. The number of nitrogens with zero attached hydrogens (tertiary/aromatic N) is 1. The molecule has 3 N–H and O–H groups in total. The number of piperidine rings is 1. The molecule has 1 aliphatic carbocycles. The molecule has 1 aliphatic heterocycles. The van der Waals surface area contributed by atoms with Crippen molar-refractivity contribution >= 4 is 6.09 Å². The number of hydrogen-bond acceptors (Lipinski definition) is 2. The molecule has 2 aliphatic rings. The maximum atomic E-state index is 11.0. The van der Waals surface area contributed by atoms with Crippen molar-refractivity contribution in [1.82, 2.24) is 4.90 Å². The molecule has 2 fully saturated rings. The van der Waals surface area contributed by atoms with Gasteiger partial charge in [0.15, 0.2) is 0 Å². The van der Waals surface area contributed by atoms with Crippen molar-refractivity contribution < 1.29 is 9.90 Å². The number of nitrogens with two attached hydrogens (primary N) is 1. The second kappa shape index (κ2) is 3.77. The van der Waals surface area contributed by atoms with Gasteiger partial charge >= 0.3 is 6.09 Å². The van der Waals surface area contributed by atoms with Crippen LogP contribution in [-0.2, 0) is 0 Å². The SMILES string of the molecule is NC1CCN(C(=O)O)C(CC2CC2)C1. The third-order valence-electron chi connectivity index (χ3n) is 3.30. The summed E-state index contributed by atoms with van der Waals surface area (Å²) in [7, 11) is 0. The van der Waals surface area contributed by atoms with E-state index in [1.807, 2.05) is 0 Å². The fraction of sp³-hybridized carbons (Fsp3) is 0.900. The zero-order valence-corrected chi connectivity index (χ0v) is 8.35. The number of likely N-dealkylation sites (tertiary alicyclic amines) is 1. The summed E-state index contributed by atoms with van der Waals surface area (Å²) in [6.45, 7) is 0.619. The van der Waals surface area contributed by atoms with Crippen molar-refractivity contribution in [3.63, 3.8) is 0 Å². The molecule has 1 amide bonds. The quantitative estimate of drug-likeness (QED) is 0.702. The Balaban J connectivity index is 1.94. The van der Waals surface area contributed by atoms with Gasteiger partial charge in [-0.2, -0.15) is 0 Å². The molecule has 1 saturated carbocycles. The molecule has 1 saturated heterocycles. The monoisotopic (exact) mass is 198 g/mol. The summed E-state index contributed by atoms with van der Waals surface area (Å²) >= 11 is 0. The third-order valence-corrected chi connectivity index (χ3v) is 3.30. The Hall–Kier alpha value is -0.770. The first-order valence-electron chi connectivity index (χ1n) is 5.42. The maximum absolute atomic E-state index is 11.0. The minimum absolute atomic E-state index is 0.184. The molecule has 0 bridgehead atoms. The van der Waals surface area contributed by atoms with Gasteiger partial charge in [-0.05, 0) is 25.2 Å². The van der Waals surface area contributed by atoms with E-state index >= 15 is 0 Å². The molecule has 2 rings (SSSR count). The molecular formula is C10H18N2O2. The maximum Gasteiger partial charge on any atom is 0.407 e. The van der Waals surface area contributed by atoms with Crippen LogP contribution in [0.15, 0.2) is 0 Å². The van der Waals surface area contributed by atoms with Crippen LogP contribution in [-0.4, -0.2) is 34.7 Å². The number of amides is 1. The van der Waals surface area contributed by atoms with E-state index < -0.39 is 6.09 Å². The summed E-state index contributed by atoms with van der Waals surface area (Å²) in [5.74, 6) is 0.771. The van der Waals surface area contributed by atoms with Crippen LogP contribution >= 0.6 is 0 Å². The summed E-state index contributed by atoms with van der Waals surface area (Å²) in [5, 5.41) is 9.01. The van der Waals surface area contributed by atoms with E-state index in [0.29, 0.717) is 6.54 Å². The Morgan fingerprint density at radius 3 is 2.71 bits per heavy atom. The van der Waals surface area contributed by atoms with Gasteiger partial charge in [0.05, 0.1) is 0 Å². The second-order valence-electron chi connectivity index (χ2n) is 4.59. The van der Waals surface area contributed by atoms with Crippen LogP contribution in [0.1, 0.15) is 32.1 Å². The number of carboxylic acid groups (broad SMARTS) is 1. The smallest absolute Gasteiger partial charge is 0.407 e. The van der Waals surface area contributed by atoms with Crippen LogP contribution in [0, 0.1) is 5.92 Å². The van der Waals surface area contributed by atoms with Crippen LogP contribution < -0.4 is 5.73 Å². The van der Waals surface area contributed by atoms with E-state index in [9.17, 15) is 4.79 Å². The lowest BCUT2D eigenvalue weighted by Gasteiger charge is -2.36. The Labute approximate surface area is 84.1 Å². The standard InChI is InChI=1S/C10H18N2O2/c11-8-3-4-12(10(13)14)9(6-8)5-7-1-2-7/h7-9H,1-6,11H2,(H,13,14). The van der Waals surface area contributed by atoms with Crippen molar-refractivity contribution in [2.24, 2.45) is 11.7 Å². The highest BCUT2D eigenvalue weighted by molar-refractivity contribution is 5.65. The topological polar surface area (TPSA) is 66.6 Å². The Kier molecular flexibility index (Phi) is 2.63. The molecule has 0 aromatic heterocycles. The summed E-state index contributed by atoms with van der Waals surface area (Å²) in [5.41, 5.74) is 5.86. The van der Waals surface area contributed by atoms with Gasteiger partial charge in [-0.25, -0.2) is 4.79 Å². The molecule has 0 aromatic rings. The fourth-order valence-electron chi connectivity index (χ4n) is 2.30. The average molecular weight is 198 g/mol. The first-order valence-corrected chi connectivity index (χ1v) is 5.42. The lowest BCUT2D eigenvalue weighted by atomic mass is 9.94. The van der Waals surface area contributed by atoms with Gasteiger partial charge in [-0.1, -0.05) is 12.8 Å². The van der Waals surface area contributed by atoms with Gasteiger partial charge in [-0.3, -0.25) is 0 Å². The van der Waals surface area contributed by atoms with E-state index in [1.165, 1.54) is 12.8 Å². The van der Waals surface area contributed by atoms with E-state index in [-0.39, 0.29) is 12.1 Å². The second-order valence-corrected chi connectivity index (χ2v) is 4.59. The van der Waals surface area contributed by atoms with Gasteiger partial charge in [0.2, 0.25) is 0 Å². The Bertz CT molecular complexity index is 226. The van der Waals surface area contributed by atoms with E-state index in [0.717, 1.165) is 25.2 Å². The summed E-state index contributed by atoms with van der Waals surface area (Å²) in [6, 6.07) is 0.387. The summed E-state index contributed by atoms with van der Waals surface area (Å²) in [4.78, 5) is 12.5. The Morgan fingerprint density at radius 2 is 2.14 bits per heavy atom. The molecule has 1 heterocycles. The van der Waals surface area contributed by atoms with Gasteiger partial charge < -0.3 is 15.7 Å². The minimum Gasteiger partial charge on any atom is -0.465 e. The molecule has 0 radical (unpaired) electrons. The zero-order chi connectivity index (χ0) is 10.1. The van der Waals surface area contributed by atoms with Crippen LogP contribution in [0.5, 0.6) is 0 Å². The first kappa shape index (κ1) is 9.77. The number of rotatable bonds is 2. The molecule has 2 atom stereocenters. The summed E-state index contributed by atoms with van der Waals surface area (Å²) in [6.07, 6.45) is 4.47. The van der Waals surface area contributed by atoms with Gasteiger partial charge in [0.1, 0.15) is 0 Å². The van der Waals surface area contributed by atoms with E-state index in [4.69, 9.17) is 10.8 Å². The average Bonchev–Trinajstić information content (AvgIpc) is 2.87. The number of hydrogen-bond donors (Lipinski definition) is 2. The molecule has 4 heteroatoms. The fourth-order valence-corrected chi connectivity index (χ4v) is 2.30. The summed E-state index contributed by atoms with van der Waals surface area (Å²) < 4.78 is 0. The first-order chi connectivity index (χ1) is 6.66. The largest absolute Gasteiger partial charge is 0.465 e. The molecular weight excluding hydrogens is 180 g/mol. The van der Waals surface area contributed by atoms with Crippen LogP contribution in [0.25, 0.3) is 0 Å². The van der Waals surface area contributed by atoms with Gasteiger partial charge in [-0.15, -0.1) is 0 Å². The van der Waals surface area contributed by atoms with Gasteiger partial charge in [0.25, 0.3) is 0 Å². The predicted octanol–water partition coefficient (Wildman–Crippen LogP) is 1.26. The molecule has 2 unspecified atom stereocenters. The molecule has 80 valence electrons. The van der Waals surface area contributed by atoms with Gasteiger partial charge in [0, 0.05) is 18.6 Å². The van der Waals surface area contributed by atoms with Crippen molar-refractivity contribution in [2.75, 3.05) is 6.54 Å². The van der Waals surface area contributed by atoms with E-state index in [2.05, 4.69) is 0 Å². The predicted molar refractivity (Wildman–Crippen MR) is 53.1 cm³/mol. The highest BCUT2D eigenvalue weighted by atomic mass is 16.4. The number of carbonyl (C=O) groups is 1. The molecule has 0 aromatic carbocycles. The zero-order valence-electron chi connectivity index (χ0n) is 8.35. The Morgan fingerprint density at radius 1 is 1.43 bits per heavy atom. The van der Waals surface area contributed by atoms with E-state index in [1.54, 1.807) is 4.90 Å². The normalized spacial score (nSPS) is 33.1. The highest BCUT2D eigenvalue weighted by Gasteiger charge is 2.34. The minimum atomic E-state index is -0.775. The van der Waals surface area contributed by atoms with Crippen molar-refractivity contribution in [2.45, 2.75) is 44.2 Å². The third kappa shape index (κ3) is 2.18. The van der Waals surface area contributed by atoms with Crippen molar-refractivity contribution in [3.8, 4) is 0 Å². The molecule has 14 heavy (non-hydrogen) atoms. The lowest BCUT2D eigenvalue weighted by Crippen LogP contribution is -2.49. The molecule has 0 spiro atoms.